The molecule has 0 fully saturated rings. The molecule has 704 valence electrons. The Hall–Kier alpha value is -20.0. The Morgan fingerprint density at radius 3 is 0.993 bits per heavy atom. The van der Waals surface area contributed by atoms with E-state index in [1.807, 2.05) is 0 Å². The predicted molar refractivity (Wildman–Crippen MR) is 626 cm³/mol. The van der Waals surface area contributed by atoms with Gasteiger partial charge in [0.25, 0.3) is 0 Å². The van der Waals surface area contributed by atoms with Crippen molar-refractivity contribution < 1.29 is 13.3 Å². The van der Waals surface area contributed by atoms with Crippen LogP contribution in [0.2, 0.25) is 0 Å². The molecule has 0 N–H and O–H groups in total. The van der Waals surface area contributed by atoms with E-state index in [2.05, 4.69) is 587 Å². The van der Waals surface area contributed by atoms with Crippen LogP contribution in [0.3, 0.4) is 0 Å². The third-order valence-electron chi connectivity index (χ3n) is 30.5. The summed E-state index contributed by atoms with van der Waals surface area (Å²) >= 11 is 0. The molecule has 0 unspecified atom stereocenters. The number of rotatable bonds is 15. The van der Waals surface area contributed by atoms with Crippen LogP contribution in [-0.4, -0.2) is 13.7 Å². The molecule has 0 spiro atoms. The highest BCUT2D eigenvalue weighted by atomic mass is 16.3. The third-order valence-corrected chi connectivity index (χ3v) is 30.5. The van der Waals surface area contributed by atoms with Crippen molar-refractivity contribution >= 4 is 204 Å². The Labute approximate surface area is 864 Å². The molecule has 150 heavy (non-hydrogen) atoms. The zero-order chi connectivity index (χ0) is 98.9. The highest BCUT2D eigenvalue weighted by molar-refractivity contribution is 6.24. The first-order valence-corrected chi connectivity index (χ1v) is 51.3. The summed E-state index contributed by atoms with van der Waals surface area (Å²) in [6.45, 7) is 0. The highest BCUT2D eigenvalue weighted by Crippen LogP contribution is 2.59. The SMILES string of the molecule is c1ccc(-n2c3ccccc3c3oc4c(N(c5ccc(-c6cccc7ccccc67)cc5)c5ccc6c(ccc7ccccc76)c5)cccc4c32)cc1.c1ccc(N(c2cc3ccccc3c3ccccc23)c2cccc3c2oc2c4ccccc4n(-c4ccccc4)c32)cc1.c1ccc(N(c2ccc3c(c2)C(c2ccccc2)(c2ccccc2)c2ccccc2-3)c2cccc3c2oc2c4ccccc4n(-c4ccccc4)c32)cc1. The Morgan fingerprint density at radius 1 is 0.167 bits per heavy atom. The molecule has 0 radical (unpaired) electrons. The standard InChI is InChI=1S/C51H34N2O.C50H32N2O.C40H26N2O/c1-5-18-35(19-6-1)51(36-20-7-2-8-21-36)44-29-15-13-26-40(44)41-33-32-39(34-45(41)51)52(37-22-9-3-10-23-37)47-31-17-28-43-48-50(54-49(43)47)42-27-14-16-30-46(42)53(48)38-24-11-4-12-25-38;1-2-15-37(16-3-1)52-46-22-9-8-19-44(46)50-48(52)45-21-11-23-47(49(45)53-50)51(39-30-31-43-36(32-39)25-24-34-13-5-7-18-41(34)43)38-28-26-35(27-29-38)42-20-10-14-33-12-4-6-17-40(33)42;1-3-15-28(16-4-1)41(37-26-27-14-7-8-19-30(27)31-20-9-10-21-32(31)37)36-25-13-23-34-38-40(43-39(34)36)33-22-11-12-24-35(33)42(38)29-17-5-2-6-18-29/h1-34H;1-32H;1-26H. The van der Waals surface area contributed by atoms with Gasteiger partial charge in [-0.15, -0.1) is 0 Å². The molecule has 31 rings (SSSR count). The molecule has 0 saturated carbocycles. The van der Waals surface area contributed by atoms with Crippen molar-refractivity contribution in [1.82, 2.24) is 13.7 Å². The lowest BCUT2D eigenvalue weighted by Crippen LogP contribution is -2.28. The molecule has 0 amide bonds. The lowest BCUT2D eigenvalue weighted by atomic mass is 9.67. The van der Waals surface area contributed by atoms with Crippen molar-refractivity contribution in [3.05, 3.63) is 580 Å². The largest absolute Gasteiger partial charge is 0.451 e. The second-order valence-corrected chi connectivity index (χ2v) is 38.7. The number of fused-ring (bicyclic) bond motifs is 25. The van der Waals surface area contributed by atoms with Gasteiger partial charge in [0.15, 0.2) is 33.5 Å². The normalized spacial score (nSPS) is 12.2. The maximum Gasteiger partial charge on any atom is 0.161 e. The van der Waals surface area contributed by atoms with E-state index in [-0.39, 0.29) is 0 Å². The number of aromatic nitrogens is 3. The molecule has 9 nitrogen and oxygen atoms in total. The van der Waals surface area contributed by atoms with Gasteiger partial charge in [-0.25, -0.2) is 0 Å². The Kier molecular flexibility index (Phi) is 20.7. The summed E-state index contributed by atoms with van der Waals surface area (Å²) in [5.41, 5.74) is 34.1. The van der Waals surface area contributed by atoms with E-state index < -0.39 is 5.41 Å². The molecular formula is C141H92N6O3. The minimum atomic E-state index is -0.509. The average Bonchev–Trinajstić information content (AvgIpc) is 1.53. The number of nitrogens with zero attached hydrogens (tertiary/aromatic N) is 6. The van der Waals surface area contributed by atoms with Crippen molar-refractivity contribution in [2.24, 2.45) is 0 Å². The molecule has 0 saturated heterocycles. The summed E-state index contributed by atoms with van der Waals surface area (Å²) < 4.78 is 28.1. The second-order valence-electron chi connectivity index (χ2n) is 38.7. The minimum Gasteiger partial charge on any atom is -0.451 e. The molecule has 0 atom stereocenters. The molecule has 6 aromatic heterocycles. The zero-order valence-electron chi connectivity index (χ0n) is 81.5. The van der Waals surface area contributed by atoms with Crippen LogP contribution in [0.4, 0.5) is 51.2 Å². The zero-order valence-corrected chi connectivity index (χ0v) is 81.5. The van der Waals surface area contributed by atoms with Crippen LogP contribution in [0.15, 0.2) is 571 Å². The fourth-order valence-electron chi connectivity index (χ4n) is 24.1. The van der Waals surface area contributed by atoms with Gasteiger partial charge in [-0.05, 0) is 269 Å². The van der Waals surface area contributed by atoms with E-state index in [9.17, 15) is 0 Å². The maximum atomic E-state index is 7.08. The first kappa shape index (κ1) is 86.7. The lowest BCUT2D eigenvalue weighted by Gasteiger charge is -2.34. The summed E-state index contributed by atoms with van der Waals surface area (Å²) in [5.74, 6) is 0. The van der Waals surface area contributed by atoms with Gasteiger partial charge >= 0.3 is 0 Å². The minimum absolute atomic E-state index is 0.509. The summed E-state index contributed by atoms with van der Waals surface area (Å²) in [6.07, 6.45) is 0. The molecule has 30 aromatic rings. The van der Waals surface area contributed by atoms with Gasteiger partial charge < -0.3 is 41.7 Å². The van der Waals surface area contributed by atoms with Crippen LogP contribution >= 0.6 is 0 Å². The molecular weight excluding hydrogens is 1830 g/mol. The van der Waals surface area contributed by atoms with Crippen molar-refractivity contribution in [3.8, 4) is 39.3 Å². The summed E-state index contributed by atoms with van der Waals surface area (Å²) in [7, 11) is 0. The van der Waals surface area contributed by atoms with Gasteiger partial charge in [-0.2, -0.15) is 0 Å². The monoisotopic (exact) mass is 1920 g/mol. The first-order valence-electron chi connectivity index (χ1n) is 51.3. The van der Waals surface area contributed by atoms with Crippen molar-refractivity contribution in [1.29, 1.82) is 0 Å². The summed E-state index contributed by atoms with van der Waals surface area (Å²) in [4.78, 5) is 7.07. The molecule has 1 aliphatic carbocycles. The molecule has 24 aromatic carbocycles. The van der Waals surface area contributed by atoms with Crippen LogP contribution < -0.4 is 14.7 Å². The molecule has 0 aliphatic heterocycles. The second kappa shape index (κ2) is 35.8. The van der Waals surface area contributed by atoms with E-state index in [0.29, 0.717) is 0 Å². The van der Waals surface area contributed by atoms with Crippen LogP contribution in [-0.2, 0) is 5.41 Å². The predicted octanol–water partition coefficient (Wildman–Crippen LogP) is 38.8. The van der Waals surface area contributed by atoms with Gasteiger partial charge in [0, 0.05) is 83.2 Å². The van der Waals surface area contributed by atoms with E-state index in [1.54, 1.807) is 0 Å². The van der Waals surface area contributed by atoms with Crippen LogP contribution in [0.5, 0.6) is 0 Å². The van der Waals surface area contributed by atoms with E-state index in [4.69, 9.17) is 13.3 Å². The molecule has 1 aliphatic rings. The summed E-state index contributed by atoms with van der Waals surface area (Å²) in [5, 5.41) is 18.8. The topological polar surface area (TPSA) is 63.9 Å². The van der Waals surface area contributed by atoms with Crippen molar-refractivity contribution in [2.75, 3.05) is 14.7 Å². The quantitative estimate of drug-likeness (QED) is 0.0953. The Bertz CT molecular complexity index is 10400. The molecule has 9 heteroatoms. The fourth-order valence-corrected chi connectivity index (χ4v) is 24.1. The van der Waals surface area contributed by atoms with Crippen molar-refractivity contribution in [3.63, 3.8) is 0 Å². The number of hydrogen-bond acceptors (Lipinski definition) is 6. The van der Waals surface area contributed by atoms with Crippen LogP contribution in [0, 0.1) is 0 Å². The number of para-hydroxylation sites is 11. The highest BCUT2D eigenvalue weighted by Gasteiger charge is 2.47. The molecule has 6 heterocycles. The van der Waals surface area contributed by atoms with E-state index in [1.165, 1.54) is 98.4 Å². The molecule has 0 bridgehead atoms. The number of anilines is 9. The number of benzene rings is 24. The van der Waals surface area contributed by atoms with Crippen molar-refractivity contribution in [2.45, 2.75) is 5.41 Å². The van der Waals surface area contributed by atoms with E-state index >= 15 is 0 Å². The number of furan rings is 3. The van der Waals surface area contributed by atoms with Gasteiger partial charge in [-0.3, -0.25) is 0 Å². The van der Waals surface area contributed by atoms with Gasteiger partial charge in [0.2, 0.25) is 0 Å². The third kappa shape index (κ3) is 13.9. The van der Waals surface area contributed by atoms with Gasteiger partial charge in [0.05, 0.1) is 44.7 Å². The Morgan fingerprint density at radius 2 is 0.487 bits per heavy atom. The Balaban J connectivity index is 0.000000106. The van der Waals surface area contributed by atoms with Gasteiger partial charge in [0.1, 0.15) is 16.6 Å². The number of hydrogen-bond donors (Lipinski definition) is 0. The van der Waals surface area contributed by atoms with E-state index in [0.717, 1.165) is 167 Å². The van der Waals surface area contributed by atoms with Gasteiger partial charge in [-0.1, -0.05) is 382 Å². The first-order chi connectivity index (χ1) is 74.5. The maximum absolute atomic E-state index is 7.08. The smallest absolute Gasteiger partial charge is 0.161 e. The average molecular weight is 1920 g/mol. The lowest BCUT2D eigenvalue weighted by molar-refractivity contribution is 0.672. The summed E-state index contributed by atoms with van der Waals surface area (Å²) in [6, 6.07) is 200. The van der Waals surface area contributed by atoms with Crippen LogP contribution in [0.25, 0.3) is 192 Å². The fraction of sp³-hybridized carbons (Fsp3) is 0.00709. The van der Waals surface area contributed by atoms with Crippen LogP contribution in [0.1, 0.15) is 22.3 Å².